The number of anilines is 1. The number of aromatic nitrogens is 4. The van der Waals surface area contributed by atoms with Crippen molar-refractivity contribution in [2.24, 2.45) is 5.41 Å². The van der Waals surface area contributed by atoms with Crippen molar-refractivity contribution in [3.8, 4) is 39.4 Å². The number of carbonyl (C=O) groups is 3. The van der Waals surface area contributed by atoms with Crippen LogP contribution < -0.4 is 20.7 Å². The third kappa shape index (κ3) is 10.6. The first-order valence-corrected chi connectivity index (χ1v) is 19.7. The highest BCUT2D eigenvalue weighted by atomic mass is 32.1. The summed E-state index contributed by atoms with van der Waals surface area (Å²) in [5.41, 5.74) is 8.15. The number of aryl methyl sites for hydroxylation is 1. The van der Waals surface area contributed by atoms with Crippen LogP contribution in [-0.4, -0.2) is 81.7 Å². The average Bonchev–Trinajstić information content (AvgIpc) is 4.01. The Kier molecular flexibility index (Phi) is 13.3. The van der Waals surface area contributed by atoms with E-state index >= 15 is 0 Å². The van der Waals surface area contributed by atoms with Crippen LogP contribution in [0.3, 0.4) is 0 Å². The van der Waals surface area contributed by atoms with Crippen LogP contribution in [0.15, 0.2) is 78.4 Å². The van der Waals surface area contributed by atoms with Gasteiger partial charge in [0.2, 0.25) is 17.7 Å². The zero-order chi connectivity index (χ0) is 40.4. The van der Waals surface area contributed by atoms with Gasteiger partial charge >= 0.3 is 0 Å². The van der Waals surface area contributed by atoms with Gasteiger partial charge in [0.15, 0.2) is 0 Å². The van der Waals surface area contributed by atoms with Crippen LogP contribution >= 0.6 is 11.3 Å². The fourth-order valence-corrected chi connectivity index (χ4v) is 7.35. The van der Waals surface area contributed by atoms with E-state index in [9.17, 15) is 14.4 Å². The molecule has 1 saturated heterocycles. The van der Waals surface area contributed by atoms with Crippen molar-refractivity contribution in [3.63, 3.8) is 0 Å². The summed E-state index contributed by atoms with van der Waals surface area (Å²) in [5.74, 6) is 5.67. The lowest BCUT2D eigenvalue weighted by atomic mass is 9.85. The minimum Gasteiger partial charge on any atom is -0.495 e. The Morgan fingerprint density at radius 3 is 2.60 bits per heavy atom. The van der Waals surface area contributed by atoms with Crippen LogP contribution in [-0.2, 0) is 32.2 Å². The number of likely N-dealkylation sites (tertiary alicyclic amines) is 1. The predicted molar refractivity (Wildman–Crippen MR) is 220 cm³/mol. The van der Waals surface area contributed by atoms with E-state index in [0.29, 0.717) is 43.8 Å². The maximum absolute atomic E-state index is 13.9. The van der Waals surface area contributed by atoms with Gasteiger partial charge < -0.3 is 30.3 Å². The standard InChI is InChI=1S/C43H48N8O5S/c1-28-39(57-27-46-28)31-16-13-30(14-17-31)24-45-41(53)36-12-7-21-51(36)42(54)40(43(2,3)4)49-38(52)26-56-22-8-9-29-15-18-35(37(23-29)55-5)44-25-32-10-6-11-33(48-32)34-19-20-47-50-34/h6,10-11,13-20,23,27,36,40,44H,7,12,21-22,24-26H2,1-5H3,(H,45,53)(H,47,50)(H,49,52)/t36-,40+/m0/s1. The SMILES string of the molecule is COc1cc(C#CCOCC(=O)N[C@H](C(=O)N2CCC[C@H]2C(=O)NCc2ccc(-c3scnc3C)cc2)C(C)(C)C)ccc1NCc1cccc(-c2cc[nH]n2)n1. The first-order chi connectivity index (χ1) is 27.5. The number of rotatable bonds is 14. The molecule has 3 amide bonds. The molecular weight excluding hydrogens is 741 g/mol. The van der Waals surface area contributed by atoms with Crippen LogP contribution in [0.2, 0.25) is 0 Å². The summed E-state index contributed by atoms with van der Waals surface area (Å²) in [6, 6.07) is 19.8. The van der Waals surface area contributed by atoms with E-state index in [2.05, 4.69) is 48.0 Å². The number of methoxy groups -OCH3 is 1. The van der Waals surface area contributed by atoms with E-state index < -0.39 is 23.4 Å². The van der Waals surface area contributed by atoms with Crippen molar-refractivity contribution in [2.75, 3.05) is 32.2 Å². The van der Waals surface area contributed by atoms with Crippen LogP contribution in [0, 0.1) is 24.2 Å². The molecule has 0 bridgehead atoms. The molecule has 6 rings (SSSR count). The number of nitrogens with one attached hydrogen (secondary N) is 4. The normalized spacial score (nSPS) is 14.3. The number of nitrogens with zero attached hydrogens (tertiary/aromatic N) is 4. The second-order valence-electron chi connectivity index (χ2n) is 14.8. The Bertz CT molecular complexity index is 2220. The third-order valence-electron chi connectivity index (χ3n) is 9.56. The zero-order valence-electron chi connectivity index (χ0n) is 32.8. The number of H-pyrrole nitrogens is 1. The van der Waals surface area contributed by atoms with Crippen LogP contribution in [0.25, 0.3) is 21.8 Å². The monoisotopic (exact) mass is 788 g/mol. The highest BCUT2D eigenvalue weighted by Crippen LogP contribution is 2.29. The smallest absolute Gasteiger partial charge is 0.246 e. The number of carbonyl (C=O) groups excluding carboxylic acids is 3. The topological polar surface area (TPSA) is 163 Å². The lowest BCUT2D eigenvalue weighted by Gasteiger charge is -2.35. The van der Waals surface area contributed by atoms with Crippen LogP contribution in [0.4, 0.5) is 5.69 Å². The van der Waals surface area contributed by atoms with Gasteiger partial charge in [-0.1, -0.05) is 62.9 Å². The first kappa shape index (κ1) is 40.6. The summed E-state index contributed by atoms with van der Waals surface area (Å²) >= 11 is 1.60. The molecule has 1 aliphatic rings. The number of benzene rings is 2. The van der Waals surface area contributed by atoms with Crippen molar-refractivity contribution in [2.45, 2.75) is 65.7 Å². The number of ether oxygens (including phenoxy) is 2. The van der Waals surface area contributed by atoms with E-state index in [1.54, 1.807) is 29.5 Å². The quantitative estimate of drug-likeness (QED) is 0.0813. The Hall–Kier alpha value is -6.04. The van der Waals surface area contributed by atoms with E-state index in [1.165, 1.54) is 0 Å². The van der Waals surface area contributed by atoms with Gasteiger partial charge in [0.05, 0.1) is 46.8 Å². The predicted octanol–water partition coefficient (Wildman–Crippen LogP) is 5.73. The summed E-state index contributed by atoms with van der Waals surface area (Å²) in [5, 5.41) is 16.2. The summed E-state index contributed by atoms with van der Waals surface area (Å²) in [6.45, 7) is 8.63. The van der Waals surface area contributed by atoms with Gasteiger partial charge in [-0.3, -0.25) is 19.5 Å². The Labute approximate surface area is 337 Å². The molecule has 3 aromatic heterocycles. The third-order valence-corrected chi connectivity index (χ3v) is 10.5. The molecule has 13 nitrogen and oxygen atoms in total. The molecule has 14 heteroatoms. The number of hydrogen-bond donors (Lipinski definition) is 4. The second kappa shape index (κ2) is 18.7. The fraction of sp³-hybridized carbons (Fsp3) is 0.349. The van der Waals surface area contributed by atoms with E-state index in [4.69, 9.17) is 9.47 Å². The van der Waals surface area contributed by atoms with Gasteiger partial charge in [0.25, 0.3) is 0 Å². The highest BCUT2D eigenvalue weighted by molar-refractivity contribution is 7.13. The summed E-state index contributed by atoms with van der Waals surface area (Å²) in [7, 11) is 1.59. The molecule has 1 aliphatic heterocycles. The number of pyridine rings is 1. The first-order valence-electron chi connectivity index (χ1n) is 18.8. The van der Waals surface area contributed by atoms with Gasteiger partial charge in [-0.15, -0.1) is 11.3 Å². The zero-order valence-corrected chi connectivity index (χ0v) is 33.7. The number of thiazole rings is 1. The van der Waals surface area contributed by atoms with Crippen molar-refractivity contribution in [1.29, 1.82) is 0 Å². The summed E-state index contributed by atoms with van der Waals surface area (Å²) in [6.07, 6.45) is 3.01. The van der Waals surface area contributed by atoms with Crippen LogP contribution in [0.1, 0.15) is 56.1 Å². The van der Waals surface area contributed by atoms with Gasteiger partial charge in [-0.05, 0) is 72.7 Å². The van der Waals surface area contributed by atoms with E-state index in [-0.39, 0.29) is 25.0 Å². The maximum atomic E-state index is 13.9. The molecular formula is C43H48N8O5S. The van der Waals surface area contributed by atoms with Gasteiger partial charge in [0, 0.05) is 24.8 Å². The summed E-state index contributed by atoms with van der Waals surface area (Å²) in [4.78, 5) is 52.0. The minimum absolute atomic E-state index is 0.00383. The molecule has 4 N–H and O–H groups in total. The van der Waals surface area contributed by atoms with Gasteiger partial charge in [0.1, 0.15) is 36.7 Å². The molecule has 0 radical (unpaired) electrons. The lowest BCUT2D eigenvalue weighted by Crippen LogP contribution is -2.58. The molecule has 0 saturated carbocycles. The van der Waals surface area contributed by atoms with Crippen molar-refractivity contribution in [3.05, 3.63) is 101 Å². The number of hydrogen-bond acceptors (Lipinski definition) is 10. The molecule has 1 fully saturated rings. The molecule has 57 heavy (non-hydrogen) atoms. The number of amides is 3. The van der Waals surface area contributed by atoms with Crippen molar-refractivity contribution >= 4 is 34.7 Å². The van der Waals surface area contributed by atoms with Crippen LogP contribution in [0.5, 0.6) is 5.75 Å². The second-order valence-corrected chi connectivity index (χ2v) is 15.6. The average molecular weight is 789 g/mol. The molecule has 5 aromatic rings. The van der Waals surface area contributed by atoms with Crippen molar-refractivity contribution in [1.82, 2.24) is 35.7 Å². The Balaban J connectivity index is 0.969. The number of aromatic amines is 1. The molecule has 0 spiro atoms. The van der Waals surface area contributed by atoms with E-state index in [0.717, 1.165) is 44.5 Å². The highest BCUT2D eigenvalue weighted by Gasteiger charge is 2.41. The Morgan fingerprint density at radius 2 is 1.88 bits per heavy atom. The van der Waals surface area contributed by atoms with Gasteiger partial charge in [-0.25, -0.2) is 9.97 Å². The van der Waals surface area contributed by atoms with Gasteiger partial charge in [-0.2, -0.15) is 5.10 Å². The molecule has 2 atom stereocenters. The lowest BCUT2D eigenvalue weighted by molar-refractivity contribution is -0.144. The van der Waals surface area contributed by atoms with E-state index in [1.807, 2.05) is 99.9 Å². The molecule has 0 aliphatic carbocycles. The fourth-order valence-electron chi connectivity index (χ4n) is 6.54. The molecule has 0 unspecified atom stereocenters. The van der Waals surface area contributed by atoms with Crippen molar-refractivity contribution < 1.29 is 23.9 Å². The molecule has 4 heterocycles. The molecule has 2 aromatic carbocycles. The maximum Gasteiger partial charge on any atom is 0.246 e. The summed E-state index contributed by atoms with van der Waals surface area (Å²) < 4.78 is 11.2. The molecule has 296 valence electrons. The minimum atomic E-state index is -0.855. The Morgan fingerprint density at radius 1 is 1.05 bits per heavy atom. The largest absolute Gasteiger partial charge is 0.495 e.